The number of carbonyl (C=O) groups is 3. The van der Waals surface area contributed by atoms with Crippen molar-refractivity contribution < 1.29 is 24.6 Å². The van der Waals surface area contributed by atoms with Gasteiger partial charge in [-0.3, -0.25) is 14.4 Å². The molecule has 2 N–H and O–H groups in total. The van der Waals surface area contributed by atoms with Gasteiger partial charge in [-0.1, -0.05) is 43.5 Å². The number of Topliss-reactive ketones (excluding diaryl/α,β-unsaturated/α-hetero) is 1. The predicted octanol–water partition coefficient (Wildman–Crippen LogP) is 3.56. The van der Waals surface area contributed by atoms with Crippen molar-refractivity contribution in [1.82, 2.24) is 0 Å². The lowest BCUT2D eigenvalue weighted by molar-refractivity contribution is -0.154. The molecule has 1 aromatic rings. The molecule has 0 saturated heterocycles. The van der Waals surface area contributed by atoms with Crippen LogP contribution in [0, 0.1) is 11.8 Å². The Morgan fingerprint density at radius 1 is 0.917 bits per heavy atom. The first-order valence-electron chi connectivity index (χ1n) is 8.58. The molecular weight excluding hydrogens is 308 g/mol. The summed E-state index contributed by atoms with van der Waals surface area (Å²) in [5.74, 6) is -3.31. The first-order chi connectivity index (χ1) is 11.5. The highest BCUT2D eigenvalue weighted by Crippen LogP contribution is 2.32. The Bertz CT molecular complexity index is 572. The minimum absolute atomic E-state index is 0.183. The largest absolute Gasteiger partial charge is 0.481 e. The molecule has 1 aromatic carbocycles. The van der Waals surface area contributed by atoms with Crippen molar-refractivity contribution in [2.75, 3.05) is 0 Å². The maximum Gasteiger partial charge on any atom is 0.317 e. The Morgan fingerprint density at radius 3 is 2.04 bits per heavy atom. The molecule has 5 nitrogen and oxygen atoms in total. The van der Waals surface area contributed by atoms with E-state index in [1.165, 1.54) is 5.56 Å². The van der Waals surface area contributed by atoms with Crippen LogP contribution < -0.4 is 0 Å². The van der Waals surface area contributed by atoms with E-state index in [9.17, 15) is 14.4 Å². The molecule has 24 heavy (non-hydrogen) atoms. The minimum atomic E-state index is -1.29. The first kappa shape index (κ1) is 18.2. The van der Waals surface area contributed by atoms with Gasteiger partial charge in [-0.2, -0.15) is 0 Å². The first-order valence-corrected chi connectivity index (χ1v) is 8.58. The molecule has 1 aliphatic rings. The Balaban J connectivity index is 1.63. The van der Waals surface area contributed by atoms with Gasteiger partial charge in [-0.25, -0.2) is 0 Å². The summed E-state index contributed by atoms with van der Waals surface area (Å²) in [5, 5.41) is 17.6. The molecule has 1 saturated carbocycles. The van der Waals surface area contributed by atoms with Crippen molar-refractivity contribution in [2.24, 2.45) is 11.8 Å². The van der Waals surface area contributed by atoms with Crippen LogP contribution in [0.15, 0.2) is 24.3 Å². The number of carboxylic acid groups (broad SMARTS) is 2. The fraction of sp³-hybridized carbons (Fsp3) is 0.526. The van der Waals surface area contributed by atoms with Crippen LogP contribution in [0.4, 0.5) is 0 Å². The zero-order chi connectivity index (χ0) is 17.5. The monoisotopic (exact) mass is 332 g/mol. The van der Waals surface area contributed by atoms with Crippen LogP contribution in [-0.2, 0) is 16.0 Å². The number of hydrogen-bond acceptors (Lipinski definition) is 3. The Hall–Kier alpha value is -2.17. The summed E-state index contributed by atoms with van der Waals surface area (Å²) >= 11 is 0. The number of aryl methyl sites for hydroxylation is 1. The van der Waals surface area contributed by atoms with Crippen molar-refractivity contribution in [2.45, 2.75) is 51.4 Å². The minimum Gasteiger partial charge on any atom is -0.481 e. The molecule has 1 aliphatic carbocycles. The van der Waals surface area contributed by atoms with Crippen molar-refractivity contribution >= 4 is 17.7 Å². The van der Waals surface area contributed by atoms with Crippen LogP contribution >= 0.6 is 0 Å². The highest BCUT2D eigenvalue weighted by Gasteiger charge is 2.30. The van der Waals surface area contributed by atoms with Crippen LogP contribution in [0.5, 0.6) is 0 Å². The molecule has 0 radical (unpaired) electrons. The lowest BCUT2D eigenvalue weighted by Gasteiger charge is -2.07. The average Bonchev–Trinajstić information content (AvgIpc) is 3.38. The smallest absolute Gasteiger partial charge is 0.317 e. The number of hydrogen-bond donors (Lipinski definition) is 2. The number of aliphatic carboxylic acids is 2. The van der Waals surface area contributed by atoms with Gasteiger partial charge in [0.2, 0.25) is 0 Å². The molecule has 1 fully saturated rings. The Labute approximate surface area is 141 Å². The van der Waals surface area contributed by atoms with Gasteiger partial charge in [0.25, 0.3) is 0 Å². The van der Waals surface area contributed by atoms with E-state index in [1.54, 1.807) is 0 Å². The van der Waals surface area contributed by atoms with E-state index in [2.05, 4.69) is 0 Å². The molecule has 0 unspecified atom stereocenters. The Morgan fingerprint density at radius 2 is 1.50 bits per heavy atom. The zero-order valence-electron chi connectivity index (χ0n) is 13.7. The van der Waals surface area contributed by atoms with Crippen molar-refractivity contribution in [3.63, 3.8) is 0 Å². The molecule has 0 bridgehead atoms. The highest BCUT2D eigenvalue weighted by molar-refractivity contribution is 5.99. The van der Waals surface area contributed by atoms with Gasteiger partial charge in [-0.05, 0) is 37.7 Å². The van der Waals surface area contributed by atoms with Gasteiger partial charge in [0, 0.05) is 11.5 Å². The number of rotatable bonds is 11. The summed E-state index contributed by atoms with van der Waals surface area (Å²) < 4.78 is 0. The third-order valence-corrected chi connectivity index (χ3v) is 4.49. The number of carbonyl (C=O) groups excluding carboxylic acids is 1. The summed E-state index contributed by atoms with van der Waals surface area (Å²) in [6.07, 6.45) is 6.49. The average molecular weight is 332 g/mol. The van der Waals surface area contributed by atoms with Gasteiger partial charge >= 0.3 is 11.9 Å². The van der Waals surface area contributed by atoms with Gasteiger partial charge < -0.3 is 10.2 Å². The third-order valence-electron chi connectivity index (χ3n) is 4.49. The number of unbranched alkanes of at least 4 members (excludes halogenated alkanes) is 3. The molecule has 2 rings (SSSR count). The van der Waals surface area contributed by atoms with Crippen LogP contribution in [-0.4, -0.2) is 27.9 Å². The van der Waals surface area contributed by atoms with Gasteiger partial charge in [0.05, 0.1) is 0 Å². The summed E-state index contributed by atoms with van der Waals surface area (Å²) in [7, 11) is 0. The van der Waals surface area contributed by atoms with E-state index < -0.39 is 17.9 Å². The summed E-state index contributed by atoms with van der Waals surface area (Å²) in [6.45, 7) is 0. The number of carboxylic acids is 2. The normalized spacial score (nSPS) is 13.9. The molecule has 0 aromatic heterocycles. The lowest BCUT2D eigenvalue weighted by Crippen LogP contribution is -2.23. The van der Waals surface area contributed by atoms with Gasteiger partial charge in [0.15, 0.2) is 11.7 Å². The maximum absolute atomic E-state index is 11.9. The van der Waals surface area contributed by atoms with E-state index in [0.717, 1.165) is 44.1 Å². The lowest BCUT2D eigenvalue weighted by atomic mass is 9.99. The van der Waals surface area contributed by atoms with Crippen LogP contribution in [0.3, 0.4) is 0 Å². The van der Waals surface area contributed by atoms with Crippen molar-refractivity contribution in [3.8, 4) is 0 Å². The molecule has 0 amide bonds. The molecule has 0 atom stereocenters. The molecule has 0 aliphatic heterocycles. The molecule has 0 heterocycles. The van der Waals surface area contributed by atoms with Crippen molar-refractivity contribution in [1.29, 1.82) is 0 Å². The maximum atomic E-state index is 11.9. The van der Waals surface area contributed by atoms with E-state index in [4.69, 9.17) is 10.2 Å². The number of ketones is 1. The molecule has 5 heteroatoms. The van der Waals surface area contributed by atoms with Crippen LogP contribution in [0.25, 0.3) is 0 Å². The SMILES string of the molecule is O=C(c1ccc(CCCCCCC(C(=O)O)C(=O)O)cc1)C1CC1. The van der Waals surface area contributed by atoms with Gasteiger partial charge in [0.1, 0.15) is 0 Å². The highest BCUT2D eigenvalue weighted by atomic mass is 16.4. The quantitative estimate of drug-likeness (QED) is 0.367. The van der Waals surface area contributed by atoms with E-state index in [0.29, 0.717) is 6.42 Å². The molecule has 0 spiro atoms. The second-order valence-corrected chi connectivity index (χ2v) is 6.52. The van der Waals surface area contributed by atoms with Crippen LogP contribution in [0.1, 0.15) is 60.9 Å². The molecule has 130 valence electrons. The number of benzene rings is 1. The fourth-order valence-electron chi connectivity index (χ4n) is 2.80. The van der Waals surface area contributed by atoms with E-state index in [1.807, 2.05) is 24.3 Å². The summed E-state index contributed by atoms with van der Waals surface area (Å²) in [5.41, 5.74) is 1.99. The topological polar surface area (TPSA) is 91.7 Å². The zero-order valence-corrected chi connectivity index (χ0v) is 13.7. The summed E-state index contributed by atoms with van der Waals surface area (Å²) in [4.78, 5) is 33.4. The van der Waals surface area contributed by atoms with E-state index >= 15 is 0 Å². The van der Waals surface area contributed by atoms with Crippen molar-refractivity contribution in [3.05, 3.63) is 35.4 Å². The summed E-state index contributed by atoms with van der Waals surface area (Å²) in [6, 6.07) is 7.81. The third kappa shape index (κ3) is 5.48. The fourth-order valence-corrected chi connectivity index (χ4v) is 2.80. The standard InChI is InChI=1S/C19H24O5/c20-17(15-11-12-15)14-9-7-13(8-10-14)5-3-1-2-4-6-16(18(21)22)19(23)24/h7-10,15-16H,1-6,11-12H2,(H,21,22)(H,23,24). The van der Waals surface area contributed by atoms with E-state index in [-0.39, 0.29) is 18.1 Å². The van der Waals surface area contributed by atoms with Gasteiger partial charge in [-0.15, -0.1) is 0 Å². The predicted molar refractivity (Wildman–Crippen MR) is 89.0 cm³/mol. The second kappa shape index (κ2) is 8.62. The molecular formula is C19H24O5. The Kier molecular flexibility index (Phi) is 6.53. The van der Waals surface area contributed by atoms with Crippen LogP contribution in [0.2, 0.25) is 0 Å². The second-order valence-electron chi connectivity index (χ2n) is 6.52.